The first kappa shape index (κ1) is 55.0. The van der Waals surface area contributed by atoms with Gasteiger partial charge in [0.15, 0.2) is 0 Å². The summed E-state index contributed by atoms with van der Waals surface area (Å²) in [5, 5.41) is 0. The van der Waals surface area contributed by atoms with Gasteiger partial charge in [0.25, 0.3) is 0 Å². The molecule has 0 fully saturated rings. The Morgan fingerprint density at radius 3 is 0.965 bits per heavy atom. The van der Waals surface area contributed by atoms with Gasteiger partial charge in [-0.25, -0.2) is 4.70 Å². The third-order valence-electron chi connectivity index (χ3n) is 11.4. The van der Waals surface area contributed by atoms with Gasteiger partial charge in [-0.05, 0) is 117 Å². The van der Waals surface area contributed by atoms with Crippen LogP contribution in [0.4, 0.5) is 0 Å². The van der Waals surface area contributed by atoms with Crippen LogP contribution in [-0.4, -0.2) is 4.70 Å². The maximum absolute atomic E-state index is 12.5. The molecule has 326 valence electrons. The fourth-order valence-electron chi connectivity index (χ4n) is 8.36. The maximum atomic E-state index is 12.5. The second-order valence-corrected chi connectivity index (χ2v) is 16.2. The third-order valence-corrected chi connectivity index (χ3v) is 11.4. The third kappa shape index (κ3) is 20.7. The normalized spacial score (nSPS) is 12.4. The van der Waals surface area contributed by atoms with Gasteiger partial charge in [-0.2, -0.15) is 13.8 Å². The number of benzene rings is 2. The van der Waals surface area contributed by atoms with E-state index in [1.165, 1.54) is 173 Å². The number of rotatable bonds is 30. The van der Waals surface area contributed by atoms with Crippen molar-refractivity contribution in [2.75, 3.05) is 0 Å². The predicted molar refractivity (Wildman–Crippen MR) is 252 cm³/mol. The number of allylic oxidation sites excluding steroid dienone is 2. The van der Waals surface area contributed by atoms with Crippen LogP contribution in [-0.2, 0) is 42.2 Å². The zero-order valence-corrected chi connectivity index (χ0v) is 39.9. The molecule has 0 bridgehead atoms. The number of nitrogens with zero attached hydrogens (tertiary/aromatic N) is 2. The average Bonchev–Trinajstić information content (AvgIpc) is 3.51. The van der Waals surface area contributed by atoms with Gasteiger partial charge in [0.2, 0.25) is 11.4 Å². The topological polar surface area (TPSA) is 25.3 Å². The van der Waals surface area contributed by atoms with E-state index >= 15 is 0 Å². The summed E-state index contributed by atoms with van der Waals surface area (Å²) >= 11 is 0. The molecule has 0 aromatic heterocycles. The summed E-state index contributed by atoms with van der Waals surface area (Å²) in [7, 11) is 0. The summed E-state index contributed by atoms with van der Waals surface area (Å²) < 4.78 is 1.65. The summed E-state index contributed by atoms with van der Waals surface area (Å²) in [6.07, 6.45) is 34.9. The van der Waals surface area contributed by atoms with Crippen molar-refractivity contribution >= 4 is 11.4 Å². The summed E-state index contributed by atoms with van der Waals surface area (Å²) in [6.45, 7) is 23.8. The minimum Gasteiger partial charge on any atom is -0.493 e. The van der Waals surface area contributed by atoms with Crippen LogP contribution < -0.4 is 0 Å². The van der Waals surface area contributed by atoms with Crippen molar-refractivity contribution in [3.8, 4) is 0 Å². The largest absolute Gasteiger partial charge is 2.00 e. The molecule has 57 heavy (non-hydrogen) atoms. The minimum atomic E-state index is 0. The van der Waals surface area contributed by atoms with E-state index in [2.05, 4.69) is 91.8 Å². The molecule has 0 radical (unpaired) electrons. The first-order valence-electron chi connectivity index (χ1n) is 24.1. The average molecular weight is 826 g/mol. The van der Waals surface area contributed by atoms with Crippen LogP contribution in [0.5, 0.6) is 0 Å². The first-order chi connectivity index (χ1) is 27.5. The summed E-state index contributed by atoms with van der Waals surface area (Å²) in [5.74, 6) is 0. The molecule has 0 aliphatic carbocycles. The predicted octanol–water partition coefficient (Wildman–Crippen LogP) is 18.2. The monoisotopic (exact) mass is 825 g/mol. The van der Waals surface area contributed by atoms with Crippen LogP contribution in [0.3, 0.4) is 0 Å². The molecular weight excluding hydrogens is 735 g/mol. The SMILES string of the molecule is CCCCCCCCc1cc(CCCCCC)cc(C2=C(CC)C(CCCC)=C(c3cc(CCCCCC)cc(CCCCCCCC)c3)[N+]2=[N-])c1.[CH2-]C.[CH2-]C.[Ni+2]. The van der Waals surface area contributed by atoms with Crippen LogP contribution in [0.15, 0.2) is 47.5 Å². The molecule has 0 amide bonds. The standard InChI is InChI=1S/C50H80N2.2C2H5.Ni/c1-7-13-18-22-24-28-32-43-35-41(30-26-20-15-9-3)37-45(38-43)49-47(12-6)48(34-17-11-5)50(52(49)51)46-39-42(31-27-21-16-10-4)36-44(40-46)33-29-25-23-19-14-8-2;2*1-2;/h35-40H,7-34H2,1-6H3;2*1H2,2H3;/q;2*-1;+2. The zero-order valence-electron chi connectivity index (χ0n) is 38.9. The molecule has 3 rings (SSSR count). The fourth-order valence-corrected chi connectivity index (χ4v) is 8.36. The van der Waals surface area contributed by atoms with Crippen molar-refractivity contribution in [3.63, 3.8) is 0 Å². The van der Waals surface area contributed by atoms with Crippen molar-refractivity contribution in [3.05, 3.63) is 100 Å². The Balaban J connectivity index is 0.00000607. The second kappa shape index (κ2) is 35.9. The molecule has 0 atom stereocenters. The van der Waals surface area contributed by atoms with Crippen LogP contribution in [0.2, 0.25) is 0 Å². The van der Waals surface area contributed by atoms with Crippen LogP contribution in [0, 0.1) is 13.8 Å². The van der Waals surface area contributed by atoms with Crippen LogP contribution >= 0.6 is 0 Å². The minimum absolute atomic E-state index is 0. The van der Waals surface area contributed by atoms with Crippen molar-refractivity contribution in [2.24, 2.45) is 0 Å². The Morgan fingerprint density at radius 2 is 0.649 bits per heavy atom. The van der Waals surface area contributed by atoms with Crippen molar-refractivity contribution in [2.45, 2.75) is 235 Å². The van der Waals surface area contributed by atoms with Crippen LogP contribution in [0.25, 0.3) is 16.9 Å². The van der Waals surface area contributed by atoms with Crippen LogP contribution in [0.1, 0.15) is 243 Å². The van der Waals surface area contributed by atoms with E-state index in [1.54, 1.807) is 18.5 Å². The number of aryl methyl sites for hydroxylation is 4. The molecular formula is C54H90N2Ni. The van der Waals surface area contributed by atoms with Gasteiger partial charge in [-0.1, -0.05) is 163 Å². The molecule has 0 N–H and O–H groups in total. The number of hydrogen-bond donors (Lipinski definition) is 0. The van der Waals surface area contributed by atoms with Gasteiger partial charge in [0.05, 0.1) is 0 Å². The number of unbranched alkanes of at least 4 members (excludes halogenated alkanes) is 17. The molecule has 1 aliphatic rings. The molecule has 1 aliphatic heterocycles. The Morgan fingerprint density at radius 1 is 0.368 bits per heavy atom. The Labute approximate surface area is 366 Å². The molecule has 2 nitrogen and oxygen atoms in total. The van der Waals surface area contributed by atoms with Crippen molar-refractivity contribution < 1.29 is 21.2 Å². The van der Waals surface area contributed by atoms with E-state index in [1.807, 2.05) is 0 Å². The molecule has 0 saturated carbocycles. The Bertz CT molecular complexity index is 1380. The molecule has 2 aromatic rings. The molecule has 0 spiro atoms. The van der Waals surface area contributed by atoms with Gasteiger partial charge in [0, 0.05) is 22.3 Å². The molecule has 2 aromatic carbocycles. The second-order valence-electron chi connectivity index (χ2n) is 16.2. The van der Waals surface area contributed by atoms with E-state index in [4.69, 9.17) is 0 Å². The van der Waals surface area contributed by atoms with E-state index in [0.29, 0.717) is 0 Å². The molecule has 0 unspecified atom stereocenters. The smallest absolute Gasteiger partial charge is 0.493 e. The summed E-state index contributed by atoms with van der Waals surface area (Å²) in [6, 6.07) is 14.7. The Kier molecular flexibility index (Phi) is 34.7. The zero-order chi connectivity index (χ0) is 41.4. The van der Waals surface area contributed by atoms with Crippen molar-refractivity contribution in [1.29, 1.82) is 0 Å². The Hall–Kier alpha value is -1.99. The first-order valence-corrected chi connectivity index (χ1v) is 24.1. The molecule has 1 heterocycles. The van der Waals surface area contributed by atoms with Gasteiger partial charge in [-0.3, -0.25) is 0 Å². The van der Waals surface area contributed by atoms with E-state index in [-0.39, 0.29) is 16.5 Å². The van der Waals surface area contributed by atoms with E-state index in [9.17, 15) is 5.53 Å². The van der Waals surface area contributed by atoms with Gasteiger partial charge < -0.3 is 19.4 Å². The molecule has 3 heteroatoms. The number of hydrogen-bond acceptors (Lipinski definition) is 0. The molecule has 0 saturated heterocycles. The summed E-state index contributed by atoms with van der Waals surface area (Å²) in [5.41, 5.74) is 25.6. The quantitative estimate of drug-likeness (QED) is 0.0325. The fraction of sp³-hybridized carbons (Fsp3) is 0.667. The van der Waals surface area contributed by atoms with Gasteiger partial charge in [-0.15, -0.1) is 0 Å². The summed E-state index contributed by atoms with van der Waals surface area (Å²) in [4.78, 5) is 0. The van der Waals surface area contributed by atoms with Gasteiger partial charge >= 0.3 is 16.5 Å². The van der Waals surface area contributed by atoms with E-state index in [0.717, 1.165) is 62.8 Å². The van der Waals surface area contributed by atoms with Gasteiger partial charge in [0.1, 0.15) is 0 Å². The van der Waals surface area contributed by atoms with Crippen molar-refractivity contribution in [1.82, 2.24) is 0 Å². The van der Waals surface area contributed by atoms with E-state index < -0.39 is 0 Å². The maximum Gasteiger partial charge on any atom is 2.00 e.